The largest absolute Gasteiger partial charge is 0.399 e. The Balaban J connectivity index is 2.32. The molecule has 1 aromatic rings. The highest BCUT2D eigenvalue weighted by molar-refractivity contribution is 5.91. The van der Waals surface area contributed by atoms with Crippen molar-refractivity contribution in [3.8, 4) is 0 Å². The smallest absolute Gasteiger partial charge is 0.225 e. The third kappa shape index (κ3) is 7.06. The van der Waals surface area contributed by atoms with Crippen LogP contribution in [-0.4, -0.2) is 43.7 Å². The molecular weight excluding hydrogens is 273 g/mol. The van der Waals surface area contributed by atoms with E-state index in [2.05, 4.69) is 5.32 Å². The number of ether oxygens (including phenoxy) is 1. The molecule has 0 saturated heterocycles. The lowest BCUT2D eigenvalue weighted by Crippen LogP contribution is -2.28. The van der Waals surface area contributed by atoms with E-state index in [0.29, 0.717) is 18.8 Å². The summed E-state index contributed by atoms with van der Waals surface area (Å²) in [5.41, 5.74) is 6.09. The Morgan fingerprint density at radius 1 is 1.43 bits per heavy atom. The van der Waals surface area contributed by atoms with Gasteiger partial charge in [0.25, 0.3) is 0 Å². The number of benzene rings is 1. The average Bonchev–Trinajstić information content (AvgIpc) is 2.40. The van der Waals surface area contributed by atoms with Crippen LogP contribution in [0.3, 0.4) is 0 Å². The van der Waals surface area contributed by atoms with Crippen molar-refractivity contribution in [3.63, 3.8) is 0 Å². The van der Waals surface area contributed by atoms with Crippen LogP contribution in [0.5, 0.6) is 0 Å². The summed E-state index contributed by atoms with van der Waals surface area (Å²) in [6.07, 6.45) is 0.486. The number of amides is 1. The molecule has 3 N–H and O–H groups in total. The van der Waals surface area contributed by atoms with Gasteiger partial charge in [0.2, 0.25) is 5.91 Å². The molecule has 0 bridgehead atoms. The minimum atomic E-state index is -0.490. The van der Waals surface area contributed by atoms with Gasteiger partial charge in [-0.15, -0.1) is 0 Å². The fourth-order valence-electron chi connectivity index (χ4n) is 1.70. The minimum absolute atomic E-state index is 0.116. The standard InChI is InChI=1S/C15H24FN3O2/c1-11(2)21-9-8-19(3)7-6-15(20)18-14-10-12(17)4-5-13(14)16/h4-5,10-11H,6-9,17H2,1-3H3,(H,18,20). The number of nitrogens with zero attached hydrogens (tertiary/aromatic N) is 1. The van der Waals surface area contributed by atoms with E-state index in [1.54, 1.807) is 0 Å². The molecule has 5 nitrogen and oxygen atoms in total. The summed E-state index contributed by atoms with van der Waals surface area (Å²) in [4.78, 5) is 13.8. The van der Waals surface area contributed by atoms with Crippen molar-refractivity contribution >= 4 is 17.3 Å². The van der Waals surface area contributed by atoms with Crippen molar-refractivity contribution in [2.24, 2.45) is 0 Å². The second kappa shape index (κ2) is 8.59. The van der Waals surface area contributed by atoms with Crippen LogP contribution < -0.4 is 11.1 Å². The Kier molecular flexibility index (Phi) is 7.11. The molecule has 0 spiro atoms. The van der Waals surface area contributed by atoms with E-state index in [9.17, 15) is 9.18 Å². The van der Waals surface area contributed by atoms with E-state index in [0.717, 1.165) is 6.54 Å². The molecular formula is C15H24FN3O2. The van der Waals surface area contributed by atoms with Crippen LogP contribution in [0.4, 0.5) is 15.8 Å². The van der Waals surface area contributed by atoms with Crippen molar-refractivity contribution < 1.29 is 13.9 Å². The van der Waals surface area contributed by atoms with Crippen molar-refractivity contribution in [1.29, 1.82) is 0 Å². The number of nitrogens with one attached hydrogen (secondary N) is 1. The van der Waals surface area contributed by atoms with Crippen LogP contribution in [0.15, 0.2) is 18.2 Å². The van der Waals surface area contributed by atoms with Crippen molar-refractivity contribution in [1.82, 2.24) is 4.90 Å². The Morgan fingerprint density at radius 2 is 2.14 bits per heavy atom. The molecule has 21 heavy (non-hydrogen) atoms. The molecule has 0 unspecified atom stereocenters. The number of likely N-dealkylation sites (N-methyl/N-ethyl adjacent to an activating group) is 1. The summed E-state index contributed by atoms with van der Waals surface area (Å²) < 4.78 is 18.9. The average molecular weight is 297 g/mol. The molecule has 1 amide bonds. The molecule has 0 aromatic heterocycles. The molecule has 0 fully saturated rings. The predicted molar refractivity (Wildman–Crippen MR) is 82.6 cm³/mol. The molecule has 0 radical (unpaired) electrons. The van der Waals surface area contributed by atoms with Crippen LogP contribution >= 0.6 is 0 Å². The van der Waals surface area contributed by atoms with Gasteiger partial charge in [-0.2, -0.15) is 0 Å². The van der Waals surface area contributed by atoms with Gasteiger partial charge in [0.15, 0.2) is 0 Å². The number of nitrogens with two attached hydrogens (primary N) is 1. The number of halogens is 1. The van der Waals surface area contributed by atoms with Gasteiger partial charge >= 0.3 is 0 Å². The maximum Gasteiger partial charge on any atom is 0.225 e. The van der Waals surface area contributed by atoms with E-state index < -0.39 is 5.82 Å². The van der Waals surface area contributed by atoms with Gasteiger partial charge in [-0.25, -0.2) is 4.39 Å². The first-order valence-corrected chi connectivity index (χ1v) is 7.03. The molecule has 118 valence electrons. The lowest BCUT2D eigenvalue weighted by molar-refractivity contribution is -0.116. The van der Waals surface area contributed by atoms with E-state index in [-0.39, 0.29) is 24.1 Å². The number of hydrogen-bond acceptors (Lipinski definition) is 4. The lowest BCUT2D eigenvalue weighted by Gasteiger charge is -2.17. The number of rotatable bonds is 8. The molecule has 1 rings (SSSR count). The monoisotopic (exact) mass is 297 g/mol. The SMILES string of the molecule is CC(C)OCCN(C)CCC(=O)Nc1cc(N)ccc1F. The Morgan fingerprint density at radius 3 is 2.81 bits per heavy atom. The number of nitrogen functional groups attached to an aromatic ring is 1. The Labute approximate surface area is 125 Å². The van der Waals surface area contributed by atoms with Gasteiger partial charge in [0, 0.05) is 25.2 Å². The first-order valence-electron chi connectivity index (χ1n) is 7.03. The maximum absolute atomic E-state index is 13.5. The summed E-state index contributed by atoms with van der Waals surface area (Å²) in [5, 5.41) is 2.53. The van der Waals surface area contributed by atoms with E-state index in [4.69, 9.17) is 10.5 Å². The third-order valence-corrected chi connectivity index (χ3v) is 2.91. The highest BCUT2D eigenvalue weighted by Crippen LogP contribution is 2.17. The number of carbonyl (C=O) groups is 1. The fourth-order valence-corrected chi connectivity index (χ4v) is 1.70. The number of hydrogen-bond donors (Lipinski definition) is 2. The van der Waals surface area contributed by atoms with Crippen LogP contribution in [0.1, 0.15) is 20.3 Å². The van der Waals surface area contributed by atoms with E-state index in [1.807, 2.05) is 25.8 Å². The molecule has 0 saturated carbocycles. The zero-order chi connectivity index (χ0) is 15.8. The molecule has 0 atom stereocenters. The first kappa shape index (κ1) is 17.4. The second-order valence-electron chi connectivity index (χ2n) is 5.26. The van der Waals surface area contributed by atoms with Gasteiger partial charge in [-0.3, -0.25) is 4.79 Å². The minimum Gasteiger partial charge on any atom is -0.399 e. The van der Waals surface area contributed by atoms with Gasteiger partial charge in [0.05, 0.1) is 18.4 Å². The van der Waals surface area contributed by atoms with E-state index in [1.165, 1.54) is 18.2 Å². The zero-order valence-corrected chi connectivity index (χ0v) is 12.9. The van der Waals surface area contributed by atoms with Gasteiger partial charge in [0.1, 0.15) is 5.82 Å². The summed E-state index contributed by atoms with van der Waals surface area (Å²) in [6.45, 7) is 5.91. The Hall–Kier alpha value is -1.66. The summed E-state index contributed by atoms with van der Waals surface area (Å²) in [5.74, 6) is -0.729. The van der Waals surface area contributed by atoms with Crippen molar-refractivity contribution in [3.05, 3.63) is 24.0 Å². The van der Waals surface area contributed by atoms with Crippen LogP contribution in [0.2, 0.25) is 0 Å². The highest BCUT2D eigenvalue weighted by Gasteiger charge is 2.09. The maximum atomic E-state index is 13.5. The highest BCUT2D eigenvalue weighted by atomic mass is 19.1. The van der Waals surface area contributed by atoms with Crippen LogP contribution in [-0.2, 0) is 9.53 Å². The quantitative estimate of drug-likeness (QED) is 0.721. The summed E-state index contributed by atoms with van der Waals surface area (Å²) >= 11 is 0. The van der Waals surface area contributed by atoms with Crippen LogP contribution in [0.25, 0.3) is 0 Å². The summed E-state index contributed by atoms with van der Waals surface area (Å²) in [7, 11) is 1.91. The van der Waals surface area contributed by atoms with Gasteiger partial charge < -0.3 is 20.7 Å². The topological polar surface area (TPSA) is 67.6 Å². The molecule has 0 aliphatic carbocycles. The van der Waals surface area contributed by atoms with Gasteiger partial charge in [-0.05, 0) is 39.1 Å². The first-order chi connectivity index (χ1) is 9.88. The third-order valence-electron chi connectivity index (χ3n) is 2.91. The van der Waals surface area contributed by atoms with E-state index >= 15 is 0 Å². The van der Waals surface area contributed by atoms with Crippen molar-refractivity contribution in [2.75, 3.05) is 37.8 Å². The predicted octanol–water partition coefficient (Wildman–Crippen LogP) is 2.09. The molecule has 0 heterocycles. The zero-order valence-electron chi connectivity index (χ0n) is 12.9. The molecule has 6 heteroatoms. The Bertz CT molecular complexity index is 466. The lowest BCUT2D eigenvalue weighted by atomic mass is 10.2. The number of anilines is 2. The molecule has 1 aromatic carbocycles. The van der Waals surface area contributed by atoms with Gasteiger partial charge in [-0.1, -0.05) is 0 Å². The van der Waals surface area contributed by atoms with Crippen LogP contribution in [0, 0.1) is 5.82 Å². The fraction of sp³-hybridized carbons (Fsp3) is 0.533. The normalized spacial score (nSPS) is 11.1. The second-order valence-corrected chi connectivity index (χ2v) is 5.26. The van der Waals surface area contributed by atoms with Crippen molar-refractivity contribution in [2.45, 2.75) is 26.4 Å². The molecule has 0 aliphatic heterocycles. The summed E-state index contributed by atoms with van der Waals surface area (Å²) in [6, 6.07) is 4.10. The molecule has 0 aliphatic rings. The number of carbonyl (C=O) groups excluding carboxylic acids is 1.